The largest absolute Gasteiger partial charge is 0.396 e. The Balaban J connectivity index is 1.79. The lowest BCUT2D eigenvalue weighted by Gasteiger charge is -2.32. The molecule has 30 heavy (non-hydrogen) atoms. The predicted octanol–water partition coefficient (Wildman–Crippen LogP) is 2.12. The molecule has 4 atom stereocenters. The van der Waals surface area contributed by atoms with Crippen molar-refractivity contribution in [1.29, 1.82) is 0 Å². The number of fused-ring (bicyclic) bond motifs is 3. The number of rotatable bonds is 5. The van der Waals surface area contributed by atoms with Gasteiger partial charge in [0, 0.05) is 50.3 Å². The maximum Gasteiger partial charge on any atom is 0.258 e. The summed E-state index contributed by atoms with van der Waals surface area (Å²) in [5.74, 6) is -0.657. The van der Waals surface area contributed by atoms with Crippen LogP contribution in [-0.2, 0) is 11.3 Å². The Morgan fingerprint density at radius 2 is 2.03 bits per heavy atom. The summed E-state index contributed by atoms with van der Waals surface area (Å²) >= 11 is 0. The van der Waals surface area contributed by atoms with E-state index >= 15 is 0 Å². The number of amides is 1. The molecule has 7 heteroatoms. The fourth-order valence-corrected chi connectivity index (χ4v) is 5.24. The molecule has 0 unspecified atom stereocenters. The summed E-state index contributed by atoms with van der Waals surface area (Å²) in [4.78, 5) is 30.0. The summed E-state index contributed by atoms with van der Waals surface area (Å²) in [5.41, 5.74) is 1.72. The van der Waals surface area contributed by atoms with Crippen LogP contribution in [0.5, 0.6) is 0 Å². The van der Waals surface area contributed by atoms with Gasteiger partial charge in [0.2, 0.25) is 5.91 Å². The smallest absolute Gasteiger partial charge is 0.258 e. The summed E-state index contributed by atoms with van der Waals surface area (Å²) in [6, 6.07) is 9.24. The molecule has 1 saturated heterocycles. The summed E-state index contributed by atoms with van der Waals surface area (Å²) < 4.78 is 15.4. The number of aliphatic hydroxyl groups is 1. The summed E-state index contributed by atoms with van der Waals surface area (Å²) in [7, 11) is 3.47. The van der Waals surface area contributed by atoms with Gasteiger partial charge in [-0.1, -0.05) is 19.1 Å². The van der Waals surface area contributed by atoms with Crippen LogP contribution in [0.15, 0.2) is 41.2 Å². The first kappa shape index (κ1) is 20.8. The number of halogens is 1. The van der Waals surface area contributed by atoms with Gasteiger partial charge in [-0.25, -0.2) is 4.39 Å². The minimum Gasteiger partial charge on any atom is -0.396 e. The van der Waals surface area contributed by atoms with Crippen LogP contribution in [-0.4, -0.2) is 58.7 Å². The third-order valence-electron chi connectivity index (χ3n) is 6.50. The molecule has 1 fully saturated rings. The van der Waals surface area contributed by atoms with Gasteiger partial charge in [0.05, 0.1) is 12.1 Å². The molecule has 2 aliphatic heterocycles. The van der Waals surface area contributed by atoms with E-state index in [1.807, 2.05) is 6.07 Å². The van der Waals surface area contributed by atoms with Crippen LogP contribution < -0.4 is 5.56 Å². The van der Waals surface area contributed by atoms with Crippen LogP contribution in [0, 0.1) is 17.7 Å². The Morgan fingerprint density at radius 1 is 1.27 bits per heavy atom. The first-order chi connectivity index (χ1) is 14.4. The van der Waals surface area contributed by atoms with Crippen LogP contribution in [0.25, 0.3) is 11.1 Å². The molecule has 4 rings (SSSR count). The van der Waals surface area contributed by atoms with Crippen molar-refractivity contribution in [3.63, 3.8) is 0 Å². The first-order valence-electron chi connectivity index (χ1n) is 10.5. The van der Waals surface area contributed by atoms with Crippen LogP contribution in [0.3, 0.4) is 0 Å². The van der Waals surface area contributed by atoms with Gasteiger partial charge in [-0.2, -0.15) is 0 Å². The van der Waals surface area contributed by atoms with E-state index in [0.29, 0.717) is 24.2 Å². The number of likely N-dealkylation sites (N-methyl/N-ethyl adjacent to an activating group) is 1. The molecule has 0 aliphatic carbocycles. The number of carbonyl (C=O) groups is 1. The molecule has 0 saturated carbocycles. The highest BCUT2D eigenvalue weighted by Gasteiger charge is 2.55. The number of hydrogen-bond acceptors (Lipinski definition) is 4. The van der Waals surface area contributed by atoms with Gasteiger partial charge in [0.25, 0.3) is 5.56 Å². The molecule has 1 aromatic heterocycles. The number of nitrogens with zero attached hydrogens (tertiary/aromatic N) is 3. The van der Waals surface area contributed by atoms with Crippen molar-refractivity contribution in [2.24, 2.45) is 11.8 Å². The second-order valence-electron chi connectivity index (χ2n) is 8.47. The van der Waals surface area contributed by atoms with Crippen LogP contribution in [0.4, 0.5) is 4.39 Å². The lowest BCUT2D eigenvalue weighted by Crippen LogP contribution is -2.48. The minimum absolute atomic E-state index is 0.0119. The standard InChI is InChI=1S/C23H28FN3O3/c1-4-10-26-20-17(18(13-28)21(26)23(30)25(2)3)12-27-19(20)9-8-16(22(27)29)14-6-5-7-15(24)11-14/h5-9,11,17-18,20-21,28H,4,10,12-13H2,1-3H3/t17-,18-,20+,21-/m0/s1. The van der Waals surface area contributed by atoms with Crippen molar-refractivity contribution in [1.82, 2.24) is 14.4 Å². The van der Waals surface area contributed by atoms with Crippen molar-refractivity contribution in [2.45, 2.75) is 32.0 Å². The van der Waals surface area contributed by atoms with Crippen molar-refractivity contribution in [3.8, 4) is 11.1 Å². The number of pyridine rings is 1. The number of carbonyl (C=O) groups excluding carboxylic acids is 1. The molecule has 1 N–H and O–H groups in total. The zero-order valence-corrected chi connectivity index (χ0v) is 17.6. The maximum absolute atomic E-state index is 13.7. The highest BCUT2D eigenvalue weighted by molar-refractivity contribution is 5.82. The molecule has 1 amide bonds. The molecule has 2 aromatic rings. The lowest BCUT2D eigenvalue weighted by atomic mass is 9.88. The number of likely N-dealkylation sites (tertiary alicyclic amines) is 1. The van der Waals surface area contributed by atoms with Crippen LogP contribution in [0.1, 0.15) is 25.1 Å². The van der Waals surface area contributed by atoms with E-state index in [9.17, 15) is 19.1 Å². The Bertz CT molecular complexity index is 1020. The Hall–Kier alpha value is -2.51. The second-order valence-corrected chi connectivity index (χ2v) is 8.47. The molecule has 2 aliphatic rings. The molecular weight excluding hydrogens is 385 g/mol. The zero-order valence-electron chi connectivity index (χ0n) is 17.6. The van der Waals surface area contributed by atoms with E-state index in [4.69, 9.17) is 0 Å². The van der Waals surface area contributed by atoms with Gasteiger partial charge in [-0.3, -0.25) is 14.5 Å². The van der Waals surface area contributed by atoms with E-state index in [2.05, 4.69) is 11.8 Å². The fraction of sp³-hybridized carbons (Fsp3) is 0.478. The summed E-state index contributed by atoms with van der Waals surface area (Å²) in [6.07, 6.45) is 0.865. The molecule has 160 valence electrons. The van der Waals surface area contributed by atoms with E-state index in [0.717, 1.165) is 12.1 Å². The van der Waals surface area contributed by atoms with Gasteiger partial charge in [0.15, 0.2) is 0 Å². The summed E-state index contributed by atoms with van der Waals surface area (Å²) in [6.45, 7) is 3.12. The third-order valence-corrected chi connectivity index (χ3v) is 6.50. The molecule has 6 nitrogen and oxygen atoms in total. The number of aromatic nitrogens is 1. The molecule has 0 radical (unpaired) electrons. The van der Waals surface area contributed by atoms with E-state index in [-0.39, 0.29) is 41.8 Å². The van der Waals surface area contributed by atoms with Crippen molar-refractivity contribution in [3.05, 3.63) is 58.3 Å². The van der Waals surface area contributed by atoms with Crippen molar-refractivity contribution in [2.75, 3.05) is 27.2 Å². The van der Waals surface area contributed by atoms with Crippen molar-refractivity contribution >= 4 is 5.91 Å². The molecular formula is C23H28FN3O3. The quantitative estimate of drug-likeness (QED) is 0.816. The SMILES string of the molecule is CCCN1[C@H](C(=O)N(C)C)[C@@H](CO)[C@@H]2Cn3c(ccc(-c4cccc(F)c4)c3=O)[C@@H]21. The molecule has 3 heterocycles. The zero-order chi connectivity index (χ0) is 21.6. The van der Waals surface area contributed by atoms with E-state index in [1.165, 1.54) is 12.1 Å². The van der Waals surface area contributed by atoms with Crippen molar-refractivity contribution < 1.29 is 14.3 Å². The monoisotopic (exact) mass is 413 g/mol. The Labute approximate surface area is 175 Å². The molecule has 0 bridgehead atoms. The van der Waals surface area contributed by atoms with Gasteiger partial charge in [-0.05, 0) is 42.8 Å². The van der Waals surface area contributed by atoms with E-state index < -0.39 is 6.04 Å². The number of hydrogen-bond donors (Lipinski definition) is 1. The Kier molecular flexibility index (Phi) is 5.51. The number of benzene rings is 1. The minimum atomic E-state index is -0.397. The van der Waals surface area contributed by atoms with Gasteiger partial charge in [0.1, 0.15) is 5.82 Å². The first-order valence-corrected chi connectivity index (χ1v) is 10.5. The highest BCUT2D eigenvalue weighted by Crippen LogP contribution is 2.49. The number of aliphatic hydroxyl groups excluding tert-OH is 1. The Morgan fingerprint density at radius 3 is 2.67 bits per heavy atom. The fourth-order valence-electron chi connectivity index (χ4n) is 5.24. The third kappa shape index (κ3) is 3.17. The van der Waals surface area contributed by atoms with Gasteiger partial charge >= 0.3 is 0 Å². The van der Waals surface area contributed by atoms with Crippen LogP contribution >= 0.6 is 0 Å². The summed E-state index contributed by atoms with van der Waals surface area (Å²) in [5, 5.41) is 10.2. The van der Waals surface area contributed by atoms with Crippen LogP contribution in [0.2, 0.25) is 0 Å². The highest BCUT2D eigenvalue weighted by atomic mass is 19.1. The predicted molar refractivity (Wildman–Crippen MR) is 112 cm³/mol. The van der Waals surface area contributed by atoms with E-state index in [1.54, 1.807) is 41.8 Å². The second kappa shape index (κ2) is 7.96. The molecule has 1 aromatic carbocycles. The maximum atomic E-state index is 13.7. The molecule has 0 spiro atoms. The van der Waals surface area contributed by atoms with Gasteiger partial charge in [-0.15, -0.1) is 0 Å². The normalized spacial score (nSPS) is 25.2. The average molecular weight is 413 g/mol. The average Bonchev–Trinajstić information content (AvgIpc) is 3.23. The topological polar surface area (TPSA) is 65.8 Å². The van der Waals surface area contributed by atoms with Gasteiger partial charge < -0.3 is 14.6 Å². The lowest BCUT2D eigenvalue weighted by molar-refractivity contribution is -0.135.